The first-order chi connectivity index (χ1) is 12.2. The molecule has 0 aromatic heterocycles. The van der Waals surface area contributed by atoms with Crippen molar-refractivity contribution in [2.75, 3.05) is 29.8 Å². The lowest BCUT2D eigenvalue weighted by molar-refractivity contribution is 0.0511. The van der Waals surface area contributed by atoms with E-state index in [2.05, 4.69) is 6.07 Å². The van der Waals surface area contributed by atoms with E-state index >= 15 is 0 Å². The van der Waals surface area contributed by atoms with E-state index in [1.54, 1.807) is 36.3 Å². The molecule has 6 heteroatoms. The van der Waals surface area contributed by atoms with Gasteiger partial charge in [-0.15, -0.1) is 0 Å². The zero-order chi connectivity index (χ0) is 17.6. The van der Waals surface area contributed by atoms with Gasteiger partial charge in [0.25, 0.3) is 0 Å². The van der Waals surface area contributed by atoms with Crippen LogP contribution in [-0.2, 0) is 11.2 Å². The van der Waals surface area contributed by atoms with Crippen LogP contribution in [0.5, 0.6) is 5.75 Å². The van der Waals surface area contributed by atoms with Crippen molar-refractivity contribution >= 4 is 29.2 Å². The van der Waals surface area contributed by atoms with Crippen LogP contribution in [0.25, 0.3) is 0 Å². The van der Waals surface area contributed by atoms with Crippen LogP contribution < -0.4 is 14.1 Å². The van der Waals surface area contributed by atoms with Gasteiger partial charge < -0.3 is 9.47 Å². The lowest BCUT2D eigenvalue weighted by Gasteiger charge is -2.26. The molecule has 2 aromatic carbocycles. The molecule has 0 saturated carbocycles. The second kappa shape index (κ2) is 8.23. The molecule has 0 N–H and O–H groups in total. The minimum atomic E-state index is -0.249. The van der Waals surface area contributed by atoms with Crippen LogP contribution in [0.15, 0.2) is 48.5 Å². The fourth-order valence-corrected chi connectivity index (χ4v) is 3.11. The molecule has 0 atom stereocenters. The van der Waals surface area contributed by atoms with Gasteiger partial charge in [-0.2, -0.15) is 0 Å². The van der Waals surface area contributed by atoms with Crippen molar-refractivity contribution in [1.29, 1.82) is 0 Å². The predicted octanol–water partition coefficient (Wildman–Crippen LogP) is 4.59. The van der Waals surface area contributed by atoms with Gasteiger partial charge in [0, 0.05) is 31.1 Å². The molecule has 3 rings (SSSR count). The second-order valence-electron chi connectivity index (χ2n) is 5.85. The summed E-state index contributed by atoms with van der Waals surface area (Å²) in [6.45, 7) is 0.835. The summed E-state index contributed by atoms with van der Waals surface area (Å²) in [6.07, 6.45) is 3.00. The number of para-hydroxylation sites is 1. The molecule has 0 aliphatic carbocycles. The molecule has 1 aliphatic rings. The molecule has 25 heavy (non-hydrogen) atoms. The van der Waals surface area contributed by atoms with Crippen LogP contribution in [0.2, 0.25) is 0 Å². The summed E-state index contributed by atoms with van der Waals surface area (Å²) in [6, 6.07) is 14.8. The highest BCUT2D eigenvalue weighted by Gasteiger charge is 2.25. The van der Waals surface area contributed by atoms with Gasteiger partial charge in [0.05, 0.1) is 5.69 Å². The molecular formula is C19H21ClN2O3. The number of methoxy groups -OCH3 is 1. The highest BCUT2D eigenvalue weighted by molar-refractivity contribution is 6.38. The Bertz CT molecular complexity index is 721. The average Bonchev–Trinajstić information content (AvgIpc) is 2.88. The second-order valence-corrected chi connectivity index (χ2v) is 6.18. The monoisotopic (exact) mass is 360 g/mol. The number of anilines is 2. The number of benzene rings is 2. The number of aryl methyl sites for hydroxylation is 1. The quantitative estimate of drug-likeness (QED) is 0.591. The molecule has 0 bridgehead atoms. The zero-order valence-corrected chi connectivity index (χ0v) is 14.9. The van der Waals surface area contributed by atoms with Crippen molar-refractivity contribution in [2.45, 2.75) is 19.3 Å². The topological polar surface area (TPSA) is 42.0 Å². The molecule has 132 valence electrons. The van der Waals surface area contributed by atoms with Crippen molar-refractivity contribution in [1.82, 2.24) is 0 Å². The van der Waals surface area contributed by atoms with Crippen molar-refractivity contribution in [3.63, 3.8) is 0 Å². The van der Waals surface area contributed by atoms with Crippen LogP contribution in [0.3, 0.4) is 0 Å². The van der Waals surface area contributed by atoms with Gasteiger partial charge in [0.15, 0.2) is 6.79 Å². The smallest absolute Gasteiger partial charge is 0.343 e. The van der Waals surface area contributed by atoms with Crippen molar-refractivity contribution in [2.24, 2.45) is 0 Å². The average molecular weight is 361 g/mol. The molecule has 2 aromatic rings. The highest BCUT2D eigenvalue weighted by Crippen LogP contribution is 2.29. The van der Waals surface area contributed by atoms with Gasteiger partial charge in [-0.25, -0.2) is 9.21 Å². The number of hydrogen-bond donors (Lipinski definition) is 0. The lowest BCUT2D eigenvalue weighted by Crippen LogP contribution is -2.39. The number of fused-ring (bicyclic) bond motifs is 1. The van der Waals surface area contributed by atoms with Crippen LogP contribution in [-0.4, -0.2) is 26.5 Å². The highest BCUT2D eigenvalue weighted by atomic mass is 35.5. The number of carbonyl (C=O) groups is 1. The maximum absolute atomic E-state index is 12.9. The van der Waals surface area contributed by atoms with Crippen LogP contribution in [0.4, 0.5) is 16.2 Å². The van der Waals surface area contributed by atoms with E-state index in [1.807, 2.05) is 18.2 Å². The molecule has 1 aliphatic heterocycles. The summed E-state index contributed by atoms with van der Waals surface area (Å²) in [7, 11) is 1.56. The van der Waals surface area contributed by atoms with Crippen molar-refractivity contribution in [3.8, 4) is 5.75 Å². The molecule has 0 radical (unpaired) electrons. The Balaban J connectivity index is 1.78. The van der Waals surface area contributed by atoms with Crippen LogP contribution in [0, 0.1) is 0 Å². The Morgan fingerprint density at radius 3 is 2.68 bits per heavy atom. The van der Waals surface area contributed by atoms with E-state index in [9.17, 15) is 4.79 Å². The predicted molar refractivity (Wildman–Crippen MR) is 99.4 cm³/mol. The maximum Gasteiger partial charge on any atom is 0.343 e. The molecule has 1 heterocycles. The van der Waals surface area contributed by atoms with Gasteiger partial charge in [0.1, 0.15) is 5.75 Å². The number of nitrogens with zero attached hydrogens (tertiary/aromatic N) is 2. The first-order valence-electron chi connectivity index (χ1n) is 8.28. The van der Waals surface area contributed by atoms with E-state index in [-0.39, 0.29) is 12.8 Å². The first kappa shape index (κ1) is 17.6. The third-order valence-electron chi connectivity index (χ3n) is 4.17. The summed E-state index contributed by atoms with van der Waals surface area (Å²) < 4.78 is 11.4. The Labute approximate surface area is 152 Å². The number of halogens is 1. The van der Waals surface area contributed by atoms with Gasteiger partial charge in [-0.3, -0.25) is 4.90 Å². The summed E-state index contributed by atoms with van der Waals surface area (Å²) in [5.74, 6) is 0.656. The van der Waals surface area contributed by atoms with E-state index in [0.29, 0.717) is 18.0 Å². The summed E-state index contributed by atoms with van der Waals surface area (Å²) in [5.41, 5.74) is 2.72. The number of carbonyl (C=O) groups excluding carboxylic acids is 1. The maximum atomic E-state index is 12.9. The van der Waals surface area contributed by atoms with Crippen LogP contribution >= 0.6 is 11.8 Å². The molecule has 0 saturated heterocycles. The normalized spacial score (nSPS) is 13.8. The SMILES string of the molecule is COCOc1ccc(N(Cl)C(=O)N2CCCCc3ccccc32)cc1. The molecule has 0 spiro atoms. The van der Waals surface area contributed by atoms with Gasteiger partial charge in [0.2, 0.25) is 0 Å². The molecular weight excluding hydrogens is 340 g/mol. The number of ether oxygens (including phenoxy) is 2. The fourth-order valence-electron chi connectivity index (χ4n) is 2.91. The van der Waals surface area contributed by atoms with Gasteiger partial charge in [-0.05, 0) is 55.2 Å². The number of urea groups is 1. The van der Waals surface area contributed by atoms with Gasteiger partial charge >= 0.3 is 6.03 Å². The first-order valence-corrected chi connectivity index (χ1v) is 8.61. The Morgan fingerprint density at radius 1 is 1.16 bits per heavy atom. The number of amides is 2. The number of rotatable bonds is 4. The Hall–Kier alpha value is -2.24. The summed E-state index contributed by atoms with van der Waals surface area (Å²) in [5, 5.41) is 0. The molecule has 2 amide bonds. The third kappa shape index (κ3) is 4.06. The zero-order valence-electron chi connectivity index (χ0n) is 14.2. The number of hydrogen-bond acceptors (Lipinski definition) is 3. The van der Waals surface area contributed by atoms with Crippen molar-refractivity contribution in [3.05, 3.63) is 54.1 Å². The van der Waals surface area contributed by atoms with E-state index in [0.717, 1.165) is 29.4 Å². The van der Waals surface area contributed by atoms with Crippen LogP contribution in [0.1, 0.15) is 18.4 Å². The molecule has 0 unspecified atom stereocenters. The van der Waals surface area contributed by atoms with E-state index in [4.69, 9.17) is 21.3 Å². The third-order valence-corrected chi connectivity index (χ3v) is 4.51. The Kier molecular flexibility index (Phi) is 5.79. The van der Waals surface area contributed by atoms with E-state index in [1.165, 1.54) is 5.56 Å². The molecule has 5 nitrogen and oxygen atoms in total. The molecule has 0 fully saturated rings. The fraction of sp³-hybridized carbons (Fsp3) is 0.316. The standard InChI is InChI=1S/C19H21ClN2O3/c1-24-14-25-17-11-9-16(10-12-17)22(20)19(23)21-13-5-4-7-15-6-2-3-8-18(15)21/h2-3,6,8-12H,4-5,7,13-14H2,1H3. The minimum Gasteiger partial charge on any atom is -0.468 e. The lowest BCUT2D eigenvalue weighted by atomic mass is 10.1. The Morgan fingerprint density at radius 2 is 1.92 bits per heavy atom. The minimum absolute atomic E-state index is 0.174. The summed E-state index contributed by atoms with van der Waals surface area (Å²) in [4.78, 5) is 14.7. The van der Waals surface area contributed by atoms with Crippen molar-refractivity contribution < 1.29 is 14.3 Å². The summed E-state index contributed by atoms with van der Waals surface area (Å²) >= 11 is 6.34. The van der Waals surface area contributed by atoms with E-state index < -0.39 is 0 Å². The van der Waals surface area contributed by atoms with Gasteiger partial charge in [-0.1, -0.05) is 18.2 Å². The largest absolute Gasteiger partial charge is 0.468 e.